The lowest BCUT2D eigenvalue weighted by Crippen LogP contribution is -2.00. The first kappa shape index (κ1) is 23.3. The second-order valence-electron chi connectivity index (χ2n) is 8.36. The van der Waals surface area contributed by atoms with Gasteiger partial charge in [-0.25, -0.2) is 0 Å². The summed E-state index contributed by atoms with van der Waals surface area (Å²) < 4.78 is 2.19. The lowest BCUT2D eigenvalue weighted by Gasteiger charge is -2.15. The number of hydrogen-bond acceptors (Lipinski definition) is 3. The summed E-state index contributed by atoms with van der Waals surface area (Å²) >= 11 is 6.20. The second kappa shape index (κ2) is 10.0. The minimum Gasteiger partial charge on any atom is -0.309 e. The molecule has 0 fully saturated rings. The lowest BCUT2D eigenvalue weighted by atomic mass is 10.1. The normalized spacial score (nSPS) is 11.2. The molecule has 0 saturated heterocycles. The summed E-state index contributed by atoms with van der Waals surface area (Å²) in [5.74, 6) is 0. The van der Waals surface area contributed by atoms with Crippen LogP contribution < -0.4 is 0 Å². The van der Waals surface area contributed by atoms with Crippen molar-refractivity contribution in [1.29, 1.82) is 0 Å². The number of nitro groups is 1. The van der Waals surface area contributed by atoms with Gasteiger partial charge in [-0.3, -0.25) is 15.1 Å². The van der Waals surface area contributed by atoms with Crippen molar-refractivity contribution in [1.82, 2.24) is 4.57 Å². The number of halogens is 1. The fraction of sp³-hybridized carbons (Fsp3) is 0.0333. The van der Waals surface area contributed by atoms with Crippen LogP contribution >= 0.6 is 11.6 Å². The second-order valence-corrected chi connectivity index (χ2v) is 8.80. The Balaban J connectivity index is 1.74. The van der Waals surface area contributed by atoms with Crippen LogP contribution in [-0.2, 0) is 0 Å². The molecule has 0 unspecified atom stereocenters. The Hall–Kier alpha value is -4.48. The molecule has 0 radical (unpaired) electrons. The molecule has 0 amide bonds. The summed E-state index contributed by atoms with van der Waals surface area (Å²) in [6, 6.07) is 35.1. The maximum Gasteiger partial charge on any atom is 0.274 e. The largest absolute Gasteiger partial charge is 0.309 e. The highest BCUT2D eigenvalue weighted by Gasteiger charge is 2.19. The van der Waals surface area contributed by atoms with E-state index in [1.165, 1.54) is 6.07 Å². The van der Waals surface area contributed by atoms with E-state index in [-0.39, 0.29) is 10.6 Å². The van der Waals surface area contributed by atoms with Gasteiger partial charge in [-0.15, -0.1) is 0 Å². The first-order valence-electron chi connectivity index (χ1n) is 11.4. The van der Waals surface area contributed by atoms with Gasteiger partial charge in [0.1, 0.15) is 0 Å². The van der Waals surface area contributed by atoms with Crippen molar-refractivity contribution in [2.75, 3.05) is 0 Å². The molecule has 0 bridgehead atoms. The fourth-order valence-corrected chi connectivity index (χ4v) is 4.34. The molecule has 6 heteroatoms. The van der Waals surface area contributed by atoms with Gasteiger partial charge in [-0.1, -0.05) is 78.3 Å². The number of hydrogen-bond donors (Lipinski definition) is 0. The van der Waals surface area contributed by atoms with Gasteiger partial charge in [0.2, 0.25) is 0 Å². The molecule has 0 spiro atoms. The maximum absolute atomic E-state index is 11.4. The minimum absolute atomic E-state index is 0.0524. The fourth-order valence-electron chi connectivity index (χ4n) is 4.22. The summed E-state index contributed by atoms with van der Waals surface area (Å²) in [7, 11) is 0. The SMILES string of the molecule is Cc1ccc(N=Cc2cc(-c3ccccc3)n(-c3ccc(Cl)cc3)c2-c2ccccc2)cc1[N+](=O)[O-]. The van der Waals surface area contributed by atoms with Crippen molar-refractivity contribution in [3.05, 3.63) is 135 Å². The van der Waals surface area contributed by atoms with Crippen LogP contribution in [0.1, 0.15) is 11.1 Å². The summed E-state index contributed by atoms with van der Waals surface area (Å²) in [6.07, 6.45) is 1.77. The zero-order valence-corrected chi connectivity index (χ0v) is 20.3. The number of nitro benzene ring substituents is 1. The number of benzene rings is 4. The van der Waals surface area contributed by atoms with E-state index >= 15 is 0 Å². The molecule has 4 aromatic carbocycles. The summed E-state index contributed by atoms with van der Waals surface area (Å²) in [5, 5.41) is 12.1. The summed E-state index contributed by atoms with van der Waals surface area (Å²) in [6.45, 7) is 1.72. The molecule has 1 heterocycles. The van der Waals surface area contributed by atoms with Gasteiger partial charge >= 0.3 is 0 Å². The van der Waals surface area contributed by atoms with Crippen LogP contribution in [0.4, 0.5) is 11.4 Å². The Bertz CT molecular complexity index is 1560. The van der Waals surface area contributed by atoms with Crippen molar-refractivity contribution in [3.63, 3.8) is 0 Å². The van der Waals surface area contributed by atoms with Gasteiger partial charge in [0.05, 0.1) is 22.0 Å². The molecule has 0 saturated carbocycles. The van der Waals surface area contributed by atoms with Crippen LogP contribution in [0.3, 0.4) is 0 Å². The Labute approximate surface area is 214 Å². The zero-order chi connectivity index (χ0) is 25.1. The lowest BCUT2D eigenvalue weighted by molar-refractivity contribution is -0.385. The molecular weight excluding hydrogens is 470 g/mol. The number of rotatable bonds is 6. The number of nitrogens with zero attached hydrogens (tertiary/aromatic N) is 3. The third-order valence-corrected chi connectivity index (χ3v) is 6.23. The van der Waals surface area contributed by atoms with E-state index in [2.05, 4.69) is 39.9 Å². The molecule has 0 aliphatic heterocycles. The molecule has 5 aromatic rings. The van der Waals surface area contributed by atoms with E-state index < -0.39 is 0 Å². The van der Waals surface area contributed by atoms with Crippen LogP contribution in [0.15, 0.2) is 114 Å². The summed E-state index contributed by atoms with van der Waals surface area (Å²) in [4.78, 5) is 15.7. The van der Waals surface area contributed by atoms with E-state index in [0.717, 1.165) is 33.8 Å². The molecule has 0 aliphatic carbocycles. The molecule has 0 aliphatic rings. The molecule has 0 atom stereocenters. The highest BCUT2D eigenvalue weighted by Crippen LogP contribution is 2.36. The first-order chi connectivity index (χ1) is 17.5. The van der Waals surface area contributed by atoms with Gasteiger partial charge in [0.25, 0.3) is 5.69 Å². The maximum atomic E-state index is 11.4. The van der Waals surface area contributed by atoms with Crippen molar-refractivity contribution in [3.8, 4) is 28.2 Å². The van der Waals surface area contributed by atoms with E-state index in [4.69, 9.17) is 11.6 Å². The molecule has 5 nitrogen and oxygen atoms in total. The topological polar surface area (TPSA) is 60.4 Å². The van der Waals surface area contributed by atoms with Gasteiger partial charge in [0.15, 0.2) is 0 Å². The molecule has 5 rings (SSSR count). The average Bonchev–Trinajstić information content (AvgIpc) is 3.29. The quantitative estimate of drug-likeness (QED) is 0.136. The Kier molecular flexibility index (Phi) is 6.48. The van der Waals surface area contributed by atoms with Crippen LogP contribution in [0.25, 0.3) is 28.2 Å². The smallest absolute Gasteiger partial charge is 0.274 e. The average molecular weight is 492 g/mol. The van der Waals surface area contributed by atoms with Crippen molar-refractivity contribution in [2.24, 2.45) is 4.99 Å². The molecule has 0 N–H and O–H groups in total. The molecule has 1 aromatic heterocycles. The summed E-state index contributed by atoms with van der Waals surface area (Å²) in [5.41, 5.74) is 7.05. The van der Waals surface area contributed by atoms with Crippen molar-refractivity contribution in [2.45, 2.75) is 6.92 Å². The molecular formula is C30H22ClN3O2. The van der Waals surface area contributed by atoms with E-state index in [9.17, 15) is 10.1 Å². The molecule has 36 heavy (non-hydrogen) atoms. The van der Waals surface area contributed by atoms with Crippen molar-refractivity contribution >= 4 is 29.2 Å². The number of aliphatic imine (C=N–C) groups is 1. The third kappa shape index (κ3) is 4.69. The molecule has 176 valence electrons. The van der Waals surface area contributed by atoms with Crippen LogP contribution in [0.5, 0.6) is 0 Å². The van der Waals surface area contributed by atoms with E-state index in [0.29, 0.717) is 16.3 Å². The van der Waals surface area contributed by atoms with E-state index in [1.54, 1.807) is 25.3 Å². The van der Waals surface area contributed by atoms with Gasteiger partial charge < -0.3 is 4.57 Å². The van der Waals surface area contributed by atoms with Crippen LogP contribution in [0.2, 0.25) is 5.02 Å². The van der Waals surface area contributed by atoms with Gasteiger partial charge in [-0.2, -0.15) is 0 Å². The Morgan fingerprint density at radius 1 is 0.833 bits per heavy atom. The van der Waals surface area contributed by atoms with Crippen LogP contribution in [-0.4, -0.2) is 15.7 Å². The minimum atomic E-state index is -0.381. The van der Waals surface area contributed by atoms with Gasteiger partial charge in [0, 0.05) is 34.1 Å². The predicted molar refractivity (Wildman–Crippen MR) is 147 cm³/mol. The first-order valence-corrected chi connectivity index (χ1v) is 11.8. The van der Waals surface area contributed by atoms with Crippen molar-refractivity contribution < 1.29 is 4.92 Å². The highest BCUT2D eigenvalue weighted by molar-refractivity contribution is 6.30. The standard InChI is InChI=1S/C30H22ClN3O2/c1-21-12-15-26(19-28(21)34(35)36)32-20-24-18-29(22-8-4-2-5-9-22)33(27-16-13-25(31)14-17-27)30(24)23-10-6-3-7-11-23/h2-20H,1H3. The van der Waals surface area contributed by atoms with Crippen LogP contribution in [0, 0.1) is 17.0 Å². The third-order valence-electron chi connectivity index (χ3n) is 5.97. The Morgan fingerprint density at radius 2 is 1.47 bits per heavy atom. The Morgan fingerprint density at radius 3 is 2.11 bits per heavy atom. The van der Waals surface area contributed by atoms with E-state index in [1.807, 2.05) is 60.7 Å². The number of aromatic nitrogens is 1. The van der Waals surface area contributed by atoms with Gasteiger partial charge in [-0.05, 0) is 54.4 Å². The predicted octanol–water partition coefficient (Wildman–Crippen LogP) is 8.43. The zero-order valence-electron chi connectivity index (χ0n) is 19.5. The monoisotopic (exact) mass is 491 g/mol. The highest BCUT2D eigenvalue weighted by atomic mass is 35.5. The number of aryl methyl sites for hydroxylation is 1.